The van der Waals surface area contributed by atoms with Crippen LogP contribution in [0.15, 0.2) is 24.8 Å². The molecular weight excluding hydrogens is 202 g/mol. The van der Waals surface area contributed by atoms with Gasteiger partial charge in [-0.25, -0.2) is 0 Å². The van der Waals surface area contributed by atoms with E-state index in [1.807, 2.05) is 13.0 Å². The van der Waals surface area contributed by atoms with Crippen molar-refractivity contribution >= 4 is 11.5 Å². The highest BCUT2D eigenvalue weighted by molar-refractivity contribution is 5.85. The van der Waals surface area contributed by atoms with E-state index < -0.39 is 0 Å². The second-order valence-corrected chi connectivity index (χ2v) is 3.50. The molecule has 0 atom stereocenters. The number of nitrogens with zero attached hydrogens (tertiary/aromatic N) is 1. The van der Waals surface area contributed by atoms with Gasteiger partial charge in [0.2, 0.25) is 0 Å². The zero-order valence-corrected chi connectivity index (χ0v) is 9.41. The van der Waals surface area contributed by atoms with Gasteiger partial charge < -0.3 is 4.74 Å². The van der Waals surface area contributed by atoms with Gasteiger partial charge in [-0.3, -0.25) is 4.79 Å². The number of benzene rings is 1. The molecule has 0 radical (unpaired) electrons. The van der Waals surface area contributed by atoms with Crippen molar-refractivity contribution in [1.82, 2.24) is 0 Å². The minimum atomic E-state index is -0.327. The van der Waals surface area contributed by atoms with E-state index in [1.54, 1.807) is 12.1 Å². The third-order valence-electron chi connectivity index (χ3n) is 2.33. The number of rotatable bonds is 3. The molecule has 1 aromatic carbocycles. The van der Waals surface area contributed by atoms with Crippen LogP contribution in [0, 0.1) is 18.3 Å². The van der Waals surface area contributed by atoms with Crippen LogP contribution in [0.5, 0.6) is 0 Å². The van der Waals surface area contributed by atoms with Gasteiger partial charge in [0, 0.05) is 0 Å². The van der Waals surface area contributed by atoms with E-state index in [1.165, 1.54) is 7.11 Å². The molecule has 3 heteroatoms. The Morgan fingerprint density at radius 1 is 1.56 bits per heavy atom. The summed E-state index contributed by atoms with van der Waals surface area (Å²) in [6.07, 6.45) is 0.145. The van der Waals surface area contributed by atoms with Gasteiger partial charge in [0.25, 0.3) is 0 Å². The maximum atomic E-state index is 11.1. The standard InChI is InChI=1S/C13H13NO2/c1-9-4-5-11(8-14)7-12(9)10(2)6-13(15)16-3/h4-5,7H,2,6H2,1,3H3. The number of hydrogen-bond donors (Lipinski definition) is 0. The van der Waals surface area contributed by atoms with E-state index in [4.69, 9.17) is 5.26 Å². The quantitative estimate of drug-likeness (QED) is 0.727. The summed E-state index contributed by atoms with van der Waals surface area (Å²) in [4.78, 5) is 11.1. The zero-order chi connectivity index (χ0) is 12.1. The van der Waals surface area contributed by atoms with E-state index in [-0.39, 0.29) is 12.4 Å². The Bertz CT molecular complexity index is 469. The van der Waals surface area contributed by atoms with Crippen molar-refractivity contribution in [2.75, 3.05) is 7.11 Å². The van der Waals surface area contributed by atoms with Crippen molar-refractivity contribution < 1.29 is 9.53 Å². The van der Waals surface area contributed by atoms with Crippen LogP contribution in [0.1, 0.15) is 23.1 Å². The Morgan fingerprint density at radius 3 is 2.81 bits per heavy atom. The van der Waals surface area contributed by atoms with Gasteiger partial charge in [-0.1, -0.05) is 12.6 Å². The molecule has 0 aromatic heterocycles. The summed E-state index contributed by atoms with van der Waals surface area (Å²) in [5, 5.41) is 8.79. The van der Waals surface area contributed by atoms with Crippen molar-refractivity contribution in [1.29, 1.82) is 5.26 Å². The molecule has 0 spiro atoms. The minimum Gasteiger partial charge on any atom is -0.469 e. The second-order valence-electron chi connectivity index (χ2n) is 3.50. The van der Waals surface area contributed by atoms with Crippen LogP contribution in [-0.4, -0.2) is 13.1 Å². The Kier molecular flexibility index (Phi) is 3.84. The summed E-state index contributed by atoms with van der Waals surface area (Å²) in [5.41, 5.74) is 3.06. The SMILES string of the molecule is C=C(CC(=O)OC)c1cc(C#N)ccc1C. The lowest BCUT2D eigenvalue weighted by Gasteiger charge is -2.08. The van der Waals surface area contributed by atoms with Gasteiger partial charge in [-0.05, 0) is 35.8 Å². The topological polar surface area (TPSA) is 50.1 Å². The number of nitriles is 1. The lowest BCUT2D eigenvalue weighted by atomic mass is 9.97. The Balaban J connectivity index is 2.99. The fraction of sp³-hybridized carbons (Fsp3) is 0.231. The molecule has 0 amide bonds. The smallest absolute Gasteiger partial charge is 0.309 e. The first-order valence-electron chi connectivity index (χ1n) is 4.84. The first kappa shape index (κ1) is 12.0. The fourth-order valence-corrected chi connectivity index (χ4v) is 1.41. The number of carbonyl (C=O) groups is 1. The maximum absolute atomic E-state index is 11.1. The third kappa shape index (κ3) is 2.71. The van der Waals surface area contributed by atoms with Crippen LogP contribution in [-0.2, 0) is 9.53 Å². The molecule has 0 N–H and O–H groups in total. The summed E-state index contributed by atoms with van der Waals surface area (Å²) < 4.78 is 4.57. The predicted molar refractivity (Wildman–Crippen MR) is 61.6 cm³/mol. The summed E-state index contributed by atoms with van der Waals surface area (Å²) >= 11 is 0. The van der Waals surface area contributed by atoms with Gasteiger partial charge in [-0.2, -0.15) is 5.26 Å². The molecule has 3 nitrogen and oxygen atoms in total. The Labute approximate surface area is 95.0 Å². The number of esters is 1. The second kappa shape index (κ2) is 5.13. The van der Waals surface area contributed by atoms with Gasteiger partial charge in [0.15, 0.2) is 0 Å². The molecule has 0 aliphatic rings. The monoisotopic (exact) mass is 215 g/mol. The molecule has 0 fully saturated rings. The molecule has 0 heterocycles. The van der Waals surface area contributed by atoms with E-state index in [0.717, 1.165) is 11.1 Å². The van der Waals surface area contributed by atoms with Crippen LogP contribution in [0.25, 0.3) is 5.57 Å². The van der Waals surface area contributed by atoms with Crippen molar-refractivity contribution in [3.63, 3.8) is 0 Å². The van der Waals surface area contributed by atoms with E-state index in [0.29, 0.717) is 11.1 Å². The summed E-state index contributed by atoms with van der Waals surface area (Å²) in [6, 6.07) is 7.38. The largest absolute Gasteiger partial charge is 0.469 e. The molecule has 1 rings (SSSR count). The molecule has 16 heavy (non-hydrogen) atoms. The van der Waals surface area contributed by atoms with Gasteiger partial charge in [-0.15, -0.1) is 0 Å². The highest BCUT2D eigenvalue weighted by atomic mass is 16.5. The van der Waals surface area contributed by atoms with Gasteiger partial charge in [0.05, 0.1) is 25.2 Å². The number of carbonyl (C=O) groups excluding carboxylic acids is 1. The molecule has 0 saturated carbocycles. The van der Waals surface area contributed by atoms with Crippen molar-refractivity contribution in [2.24, 2.45) is 0 Å². The van der Waals surface area contributed by atoms with Crippen molar-refractivity contribution in [2.45, 2.75) is 13.3 Å². The lowest BCUT2D eigenvalue weighted by molar-refractivity contribution is -0.139. The molecule has 0 saturated heterocycles. The highest BCUT2D eigenvalue weighted by Crippen LogP contribution is 2.21. The van der Waals surface area contributed by atoms with Crippen LogP contribution < -0.4 is 0 Å². The molecule has 0 aliphatic carbocycles. The fourth-order valence-electron chi connectivity index (χ4n) is 1.41. The average molecular weight is 215 g/mol. The molecule has 1 aromatic rings. The summed E-state index contributed by atoms with van der Waals surface area (Å²) in [6.45, 7) is 5.75. The zero-order valence-electron chi connectivity index (χ0n) is 9.41. The first-order chi connectivity index (χ1) is 7.58. The molecule has 82 valence electrons. The molecule has 0 unspecified atom stereocenters. The minimum absolute atomic E-state index is 0.145. The van der Waals surface area contributed by atoms with Crippen LogP contribution in [0.2, 0.25) is 0 Å². The molecule has 0 aliphatic heterocycles. The molecular formula is C13H13NO2. The Hall–Kier alpha value is -2.08. The van der Waals surface area contributed by atoms with E-state index in [9.17, 15) is 4.79 Å². The number of ether oxygens (including phenoxy) is 1. The lowest BCUT2D eigenvalue weighted by Crippen LogP contribution is -2.02. The van der Waals surface area contributed by atoms with Crippen LogP contribution in [0.4, 0.5) is 0 Å². The summed E-state index contributed by atoms with van der Waals surface area (Å²) in [5.74, 6) is -0.327. The van der Waals surface area contributed by atoms with Gasteiger partial charge in [0.1, 0.15) is 0 Å². The van der Waals surface area contributed by atoms with Crippen molar-refractivity contribution in [3.8, 4) is 6.07 Å². The average Bonchev–Trinajstić information content (AvgIpc) is 2.29. The number of hydrogen-bond acceptors (Lipinski definition) is 3. The first-order valence-corrected chi connectivity index (χ1v) is 4.84. The predicted octanol–water partition coefficient (Wildman–Crippen LogP) is 2.44. The molecule has 0 bridgehead atoms. The van der Waals surface area contributed by atoms with Crippen LogP contribution >= 0.6 is 0 Å². The van der Waals surface area contributed by atoms with E-state index >= 15 is 0 Å². The van der Waals surface area contributed by atoms with Crippen molar-refractivity contribution in [3.05, 3.63) is 41.5 Å². The third-order valence-corrected chi connectivity index (χ3v) is 2.33. The number of methoxy groups -OCH3 is 1. The van der Waals surface area contributed by atoms with Gasteiger partial charge >= 0.3 is 5.97 Å². The summed E-state index contributed by atoms with van der Waals surface area (Å²) in [7, 11) is 1.34. The van der Waals surface area contributed by atoms with E-state index in [2.05, 4.69) is 17.4 Å². The van der Waals surface area contributed by atoms with Crippen LogP contribution in [0.3, 0.4) is 0 Å². The normalized spacial score (nSPS) is 9.31. The number of aryl methyl sites for hydroxylation is 1. The Morgan fingerprint density at radius 2 is 2.25 bits per heavy atom. The highest BCUT2D eigenvalue weighted by Gasteiger charge is 2.09. The maximum Gasteiger partial charge on any atom is 0.309 e.